The number of carbonyl (C=O) groups is 1. The van der Waals surface area contributed by atoms with Gasteiger partial charge in [-0.05, 0) is 15.5 Å². The van der Waals surface area contributed by atoms with Gasteiger partial charge in [0.05, 0.1) is 0 Å². The second kappa shape index (κ2) is 7.90. The van der Waals surface area contributed by atoms with Gasteiger partial charge in [-0.15, -0.1) is 0 Å². The smallest absolute Gasteiger partial charge is 0.238 e. The van der Waals surface area contributed by atoms with E-state index in [-0.39, 0.29) is 8.57 Å². The van der Waals surface area contributed by atoms with Crippen LogP contribution in [0.2, 0.25) is 87.1 Å². The van der Waals surface area contributed by atoms with Gasteiger partial charge in [0.1, 0.15) is 0 Å². The first-order chi connectivity index (χ1) is 13.6. The molecule has 1 aliphatic rings. The van der Waals surface area contributed by atoms with Gasteiger partial charge in [0, 0.05) is 37.9 Å². The molecule has 1 aromatic carbocycles. The van der Waals surface area contributed by atoms with Crippen molar-refractivity contribution < 1.29 is 4.79 Å². The number of rotatable bonds is 6. The summed E-state index contributed by atoms with van der Waals surface area (Å²) in [5.74, 6) is 0. The van der Waals surface area contributed by atoms with Crippen LogP contribution in [0.15, 0.2) is 24.3 Å². The van der Waals surface area contributed by atoms with Gasteiger partial charge < -0.3 is 0 Å². The zero-order valence-electron chi connectivity index (χ0n) is 22.5. The lowest BCUT2D eigenvalue weighted by Crippen LogP contribution is -2.76. The topological polar surface area (TPSA) is 17.1 Å². The van der Waals surface area contributed by atoms with Gasteiger partial charge in [-0.2, -0.15) is 11.1 Å². The molecule has 1 aromatic rings. The predicted molar refractivity (Wildman–Crippen MR) is 155 cm³/mol. The number of carbonyl (C=O) groups excluding carboxylic acids is 1. The summed E-state index contributed by atoms with van der Waals surface area (Å²) in [5, 5.41) is 0.376. The van der Waals surface area contributed by atoms with E-state index in [0.717, 1.165) is 5.56 Å². The first-order valence-electron chi connectivity index (χ1n) is 11.9. The highest BCUT2D eigenvalue weighted by molar-refractivity contribution is 7.53. The van der Waals surface area contributed by atoms with Crippen molar-refractivity contribution in [2.45, 2.75) is 107 Å². The SMILES string of the molecule is Cc1ccc(C(=O)[Si]2(Cl)C([Si](C)(C)C)([Si](C)(C)C)CCC2([Si](C)(C)C)[Si](C)(C)C)cc1. The van der Waals surface area contributed by atoms with Crippen molar-refractivity contribution in [1.29, 1.82) is 0 Å². The van der Waals surface area contributed by atoms with Crippen molar-refractivity contribution in [3.8, 4) is 0 Å². The van der Waals surface area contributed by atoms with Crippen LogP contribution in [-0.2, 0) is 0 Å². The van der Waals surface area contributed by atoms with Gasteiger partial charge in [-0.3, -0.25) is 4.79 Å². The number of hydrogen-bond donors (Lipinski definition) is 0. The van der Waals surface area contributed by atoms with Crippen LogP contribution in [0, 0.1) is 6.92 Å². The third-order valence-electron chi connectivity index (χ3n) is 8.80. The Kier molecular flexibility index (Phi) is 7.01. The normalized spacial score (nSPS) is 21.2. The van der Waals surface area contributed by atoms with E-state index in [1.165, 1.54) is 18.4 Å². The highest BCUT2D eigenvalue weighted by atomic mass is 35.6. The summed E-state index contributed by atoms with van der Waals surface area (Å²) in [4.78, 5) is 14.9. The Morgan fingerprint density at radius 1 is 0.710 bits per heavy atom. The number of hydrogen-bond acceptors (Lipinski definition) is 1. The Morgan fingerprint density at radius 3 is 1.26 bits per heavy atom. The molecule has 0 N–H and O–H groups in total. The maximum absolute atomic E-state index is 14.9. The van der Waals surface area contributed by atoms with Gasteiger partial charge in [0.25, 0.3) is 0 Å². The zero-order chi connectivity index (χ0) is 24.5. The molecule has 1 saturated heterocycles. The molecule has 0 spiro atoms. The number of halogens is 1. The molecule has 2 rings (SSSR count). The van der Waals surface area contributed by atoms with Crippen LogP contribution in [0.25, 0.3) is 0 Å². The maximum atomic E-state index is 14.9. The summed E-state index contributed by atoms with van der Waals surface area (Å²) >= 11 is 8.41. The van der Waals surface area contributed by atoms with Crippen molar-refractivity contribution in [3.63, 3.8) is 0 Å². The quantitative estimate of drug-likeness (QED) is 0.267. The van der Waals surface area contributed by atoms with E-state index in [0.29, 0.717) is 5.41 Å². The Hall–Kier alpha value is 0.264. The third kappa shape index (κ3) is 3.66. The first kappa shape index (κ1) is 27.5. The highest BCUT2D eigenvalue weighted by Gasteiger charge is 2.83. The fourth-order valence-corrected chi connectivity index (χ4v) is 65.8. The maximum Gasteiger partial charge on any atom is 0.238 e. The van der Waals surface area contributed by atoms with Crippen molar-refractivity contribution in [2.75, 3.05) is 0 Å². The van der Waals surface area contributed by atoms with E-state index < -0.39 is 39.7 Å². The summed E-state index contributed by atoms with van der Waals surface area (Å²) in [6.07, 6.45) is 2.39. The van der Waals surface area contributed by atoms with Gasteiger partial charge in [-0.1, -0.05) is 121 Å². The molecular weight excluding hydrogens is 480 g/mol. The molecule has 0 bridgehead atoms. The van der Waals surface area contributed by atoms with Crippen LogP contribution in [0.3, 0.4) is 0 Å². The van der Waals surface area contributed by atoms with Crippen molar-refractivity contribution in [1.82, 2.24) is 0 Å². The average molecular weight is 528 g/mol. The summed E-state index contributed by atoms with van der Waals surface area (Å²) in [6.45, 7) is 32.5. The third-order valence-corrected chi connectivity index (χ3v) is 50.7. The largest absolute Gasteiger partial charge is 0.298 e. The lowest BCUT2D eigenvalue weighted by molar-refractivity contribution is 0.106. The van der Waals surface area contributed by atoms with E-state index in [1.54, 1.807) is 0 Å². The monoisotopic (exact) mass is 526 g/mol. The van der Waals surface area contributed by atoms with Crippen molar-refractivity contribution >= 4 is 56.2 Å². The van der Waals surface area contributed by atoms with E-state index in [1.807, 2.05) is 0 Å². The molecule has 0 aromatic heterocycles. The Balaban J connectivity index is 3.10. The molecule has 1 heterocycles. The lowest BCUT2D eigenvalue weighted by atomic mass is 10.2. The van der Waals surface area contributed by atoms with Crippen LogP contribution in [-0.4, -0.2) is 45.1 Å². The molecular formula is C24H47ClOSi5. The molecule has 0 radical (unpaired) electrons. The van der Waals surface area contributed by atoms with Crippen LogP contribution < -0.4 is 0 Å². The van der Waals surface area contributed by atoms with E-state index in [2.05, 4.69) is 110 Å². The lowest BCUT2D eigenvalue weighted by Gasteiger charge is -2.63. The standard InChI is InChI=1S/C24H47ClOSi5/c1-20-14-16-21(17-15-20)22(26)31(25)23(27(2,3)4,28(5,6)7)18-19-24(31,29(8,9)10)30(11,12)13/h14-17H,18-19H2,1-13H3. The fourth-order valence-electron chi connectivity index (χ4n) is 8.19. The van der Waals surface area contributed by atoms with Crippen LogP contribution in [0.5, 0.6) is 0 Å². The van der Waals surface area contributed by atoms with E-state index in [4.69, 9.17) is 11.1 Å². The van der Waals surface area contributed by atoms with Gasteiger partial charge in [0.15, 0.2) is 5.41 Å². The molecule has 176 valence electrons. The molecule has 0 amide bonds. The minimum absolute atomic E-state index is 0.0943. The summed E-state index contributed by atoms with van der Waals surface area (Å²) in [7, 11) is -10.1. The number of benzene rings is 1. The average Bonchev–Trinajstić information content (AvgIpc) is 2.86. The number of aryl methyl sites for hydroxylation is 1. The first-order valence-corrected chi connectivity index (χ1v) is 28.9. The van der Waals surface area contributed by atoms with Gasteiger partial charge >= 0.3 is 0 Å². The van der Waals surface area contributed by atoms with Crippen molar-refractivity contribution in [3.05, 3.63) is 35.4 Å². The minimum Gasteiger partial charge on any atom is -0.298 e. The molecule has 0 aliphatic carbocycles. The molecule has 1 fully saturated rings. The van der Waals surface area contributed by atoms with Crippen LogP contribution in [0.1, 0.15) is 28.8 Å². The van der Waals surface area contributed by atoms with Gasteiger partial charge in [0.2, 0.25) is 7.38 Å². The molecule has 31 heavy (non-hydrogen) atoms. The van der Waals surface area contributed by atoms with E-state index >= 15 is 0 Å². The molecule has 7 heteroatoms. The summed E-state index contributed by atoms with van der Waals surface area (Å²) in [5.41, 5.74) is 2.09. The van der Waals surface area contributed by atoms with Crippen LogP contribution >= 0.6 is 11.1 Å². The molecule has 1 nitrogen and oxygen atoms in total. The molecule has 1 aliphatic heterocycles. The summed E-state index contributed by atoms with van der Waals surface area (Å²) in [6, 6.07) is 8.36. The zero-order valence-corrected chi connectivity index (χ0v) is 28.3. The highest BCUT2D eigenvalue weighted by Crippen LogP contribution is 2.77. The predicted octanol–water partition coefficient (Wildman–Crippen LogP) is 8.69. The summed E-state index contributed by atoms with van der Waals surface area (Å²) < 4.78 is 0.189. The Labute approximate surface area is 202 Å². The molecule has 0 unspecified atom stereocenters. The van der Waals surface area contributed by atoms with E-state index in [9.17, 15) is 4.79 Å². The minimum atomic E-state index is -2.97. The Morgan fingerprint density at radius 2 is 1.00 bits per heavy atom. The second-order valence-electron chi connectivity index (χ2n) is 14.2. The van der Waals surface area contributed by atoms with Gasteiger partial charge in [-0.25, -0.2) is 0 Å². The van der Waals surface area contributed by atoms with Crippen molar-refractivity contribution in [2.24, 2.45) is 0 Å². The molecule has 0 atom stereocenters. The molecule has 0 saturated carbocycles. The fraction of sp³-hybridized carbons (Fsp3) is 0.708. The Bertz CT molecular complexity index is 767. The van der Waals surface area contributed by atoms with Crippen LogP contribution in [0.4, 0.5) is 0 Å². The second-order valence-corrected chi connectivity index (χ2v) is 43.8.